The van der Waals surface area contributed by atoms with Crippen LogP contribution >= 0.6 is 0 Å². The third kappa shape index (κ3) is 3.48. The van der Waals surface area contributed by atoms with Crippen LogP contribution in [-0.2, 0) is 0 Å². The van der Waals surface area contributed by atoms with Gasteiger partial charge in [0.1, 0.15) is 11.4 Å². The van der Waals surface area contributed by atoms with Gasteiger partial charge in [0.05, 0.1) is 0 Å². The minimum Gasteiger partial charge on any atom is -1.00 e. The van der Waals surface area contributed by atoms with Gasteiger partial charge in [-0.1, -0.05) is 54.6 Å². The lowest BCUT2D eigenvalue weighted by molar-refractivity contribution is -0.601. The van der Waals surface area contributed by atoms with Gasteiger partial charge in [0, 0.05) is 12.6 Å². The maximum Gasteiger partial charge on any atom is 0.265 e. The molecule has 3 aromatic carbocycles. The number of hydrogen-bond acceptors (Lipinski definition) is 1. The van der Waals surface area contributed by atoms with Gasteiger partial charge in [-0.25, -0.2) is 0 Å². The van der Waals surface area contributed by atoms with E-state index in [2.05, 4.69) is 88.2 Å². The molecule has 1 heterocycles. The van der Waals surface area contributed by atoms with Crippen molar-refractivity contribution in [3.05, 3.63) is 103 Å². The van der Waals surface area contributed by atoms with E-state index in [9.17, 15) is 0 Å². The summed E-state index contributed by atoms with van der Waals surface area (Å²) in [4.78, 5) is 0. The molecule has 0 aliphatic rings. The second-order valence-electron chi connectivity index (χ2n) is 5.93. The summed E-state index contributed by atoms with van der Waals surface area (Å²) in [5, 5.41) is 3.54. The van der Waals surface area contributed by atoms with Gasteiger partial charge in [0.25, 0.3) is 5.82 Å². The molecule has 1 N–H and O–H groups in total. The number of aromatic nitrogens is 2. The number of anilines is 2. The molecular weight excluding hydrogens is 342 g/mol. The highest BCUT2D eigenvalue weighted by Gasteiger charge is 2.22. The van der Waals surface area contributed by atoms with E-state index in [0.29, 0.717) is 0 Å². The normalized spacial score (nSPS) is 10.2. The number of benzene rings is 3. The minimum atomic E-state index is 0. The molecule has 26 heavy (non-hydrogen) atoms. The van der Waals surface area contributed by atoms with E-state index in [1.807, 2.05) is 30.3 Å². The Labute approximate surface area is 160 Å². The van der Waals surface area contributed by atoms with Crippen molar-refractivity contribution in [3.8, 4) is 11.4 Å². The van der Waals surface area contributed by atoms with Crippen LogP contribution in [0.15, 0.2) is 97.2 Å². The van der Waals surface area contributed by atoms with Crippen LogP contribution in [0.3, 0.4) is 0 Å². The van der Waals surface area contributed by atoms with Crippen LogP contribution in [0, 0.1) is 6.92 Å². The summed E-state index contributed by atoms with van der Waals surface area (Å²) in [5.41, 5.74) is 3.34. The first-order chi connectivity index (χ1) is 12.3. The molecule has 4 aromatic rings. The number of para-hydroxylation sites is 3. The Morgan fingerprint density at radius 2 is 1.27 bits per heavy atom. The van der Waals surface area contributed by atoms with E-state index in [1.54, 1.807) is 0 Å². The first-order valence-corrected chi connectivity index (χ1v) is 8.40. The maximum atomic E-state index is 3.54. The van der Waals surface area contributed by atoms with Crippen molar-refractivity contribution in [2.45, 2.75) is 6.92 Å². The fourth-order valence-electron chi connectivity index (χ4n) is 3.07. The highest BCUT2D eigenvalue weighted by atomic mass is 35.5. The van der Waals surface area contributed by atoms with Crippen molar-refractivity contribution in [2.75, 3.05) is 5.32 Å². The number of halogens is 1. The Morgan fingerprint density at radius 1 is 0.731 bits per heavy atom. The highest BCUT2D eigenvalue weighted by molar-refractivity contribution is 5.58. The van der Waals surface area contributed by atoms with Gasteiger partial charge in [-0.15, -0.1) is 0 Å². The van der Waals surface area contributed by atoms with Crippen molar-refractivity contribution >= 4 is 11.5 Å². The second-order valence-corrected chi connectivity index (χ2v) is 5.93. The van der Waals surface area contributed by atoms with Crippen LogP contribution in [0.4, 0.5) is 11.5 Å². The SMILES string of the molecule is Cc1n(-c2ccccc2)c(Nc2ccccc2)c[n+]1-c1ccccc1.[Cl-]. The molecule has 0 spiro atoms. The predicted octanol–water partition coefficient (Wildman–Crippen LogP) is 1.81. The summed E-state index contributed by atoms with van der Waals surface area (Å²) in [6.07, 6.45) is 2.14. The van der Waals surface area contributed by atoms with Crippen LogP contribution in [0.25, 0.3) is 11.4 Å². The summed E-state index contributed by atoms with van der Waals surface area (Å²) in [6, 6.07) is 31.1. The van der Waals surface area contributed by atoms with Gasteiger partial charge < -0.3 is 17.7 Å². The molecule has 130 valence electrons. The third-order valence-electron chi connectivity index (χ3n) is 4.26. The molecule has 0 aliphatic heterocycles. The zero-order valence-electron chi connectivity index (χ0n) is 14.5. The lowest BCUT2D eigenvalue weighted by atomic mass is 10.3. The van der Waals surface area contributed by atoms with Crippen LogP contribution < -0.4 is 22.3 Å². The molecular formula is C22H20ClN3. The Morgan fingerprint density at radius 3 is 1.88 bits per heavy atom. The smallest absolute Gasteiger partial charge is 0.265 e. The molecule has 0 fully saturated rings. The molecule has 0 atom stereocenters. The van der Waals surface area contributed by atoms with Crippen LogP contribution in [0.2, 0.25) is 0 Å². The zero-order chi connectivity index (χ0) is 17.1. The molecule has 0 bridgehead atoms. The Bertz CT molecular complexity index is 964. The van der Waals surface area contributed by atoms with E-state index in [1.165, 1.54) is 0 Å². The largest absolute Gasteiger partial charge is 1.00 e. The van der Waals surface area contributed by atoms with Crippen molar-refractivity contribution in [1.29, 1.82) is 0 Å². The molecule has 0 unspecified atom stereocenters. The first kappa shape index (κ1) is 17.8. The first-order valence-electron chi connectivity index (χ1n) is 8.40. The average molecular weight is 362 g/mol. The summed E-state index contributed by atoms with van der Waals surface area (Å²) in [5.74, 6) is 2.16. The molecule has 0 aliphatic carbocycles. The number of hydrogen-bond donors (Lipinski definition) is 1. The molecule has 4 rings (SSSR count). The topological polar surface area (TPSA) is 20.8 Å². The molecule has 0 saturated heterocycles. The van der Waals surface area contributed by atoms with Crippen molar-refractivity contribution in [1.82, 2.24) is 4.57 Å². The third-order valence-corrected chi connectivity index (χ3v) is 4.26. The quantitative estimate of drug-likeness (QED) is 0.550. The van der Waals surface area contributed by atoms with Crippen molar-refractivity contribution in [3.63, 3.8) is 0 Å². The van der Waals surface area contributed by atoms with Crippen molar-refractivity contribution in [2.24, 2.45) is 0 Å². The Balaban J connectivity index is 0.00000196. The lowest BCUT2D eigenvalue weighted by Gasteiger charge is -2.05. The monoisotopic (exact) mass is 361 g/mol. The fraction of sp³-hybridized carbons (Fsp3) is 0.0455. The number of rotatable bonds is 4. The van der Waals surface area contributed by atoms with E-state index >= 15 is 0 Å². The Kier molecular flexibility index (Phi) is 5.40. The summed E-state index contributed by atoms with van der Waals surface area (Å²) in [6.45, 7) is 2.14. The number of nitrogens with zero attached hydrogens (tertiary/aromatic N) is 2. The second kappa shape index (κ2) is 7.89. The molecule has 4 heteroatoms. The molecule has 0 amide bonds. The van der Waals surface area contributed by atoms with Gasteiger partial charge in [-0.05, 0) is 36.4 Å². The van der Waals surface area contributed by atoms with E-state index in [-0.39, 0.29) is 12.4 Å². The highest BCUT2D eigenvalue weighted by Crippen LogP contribution is 2.22. The van der Waals surface area contributed by atoms with Gasteiger partial charge in [-0.3, -0.25) is 0 Å². The summed E-state index contributed by atoms with van der Waals surface area (Å²) < 4.78 is 4.44. The number of imidazole rings is 1. The summed E-state index contributed by atoms with van der Waals surface area (Å²) in [7, 11) is 0. The lowest BCUT2D eigenvalue weighted by Crippen LogP contribution is -3.00. The van der Waals surface area contributed by atoms with Gasteiger partial charge in [0.15, 0.2) is 6.20 Å². The fourth-order valence-corrected chi connectivity index (χ4v) is 3.07. The maximum absolute atomic E-state index is 3.54. The van der Waals surface area contributed by atoms with Crippen LogP contribution in [0.1, 0.15) is 5.82 Å². The zero-order valence-corrected chi connectivity index (χ0v) is 15.3. The summed E-state index contributed by atoms with van der Waals surface area (Å²) >= 11 is 0. The van der Waals surface area contributed by atoms with Crippen molar-refractivity contribution < 1.29 is 17.0 Å². The van der Waals surface area contributed by atoms with Crippen LogP contribution in [-0.4, -0.2) is 4.57 Å². The van der Waals surface area contributed by atoms with Gasteiger partial charge in [-0.2, -0.15) is 9.13 Å². The standard InChI is InChI=1S/C22H20N3.ClH/c1-18-24(20-13-7-3-8-14-20)17-22(23-19-11-5-2-6-12-19)25(18)21-15-9-4-10-16-21;/h2-17,23H,1H3;1H/q+1;/p-1. The molecule has 3 nitrogen and oxygen atoms in total. The molecule has 1 aromatic heterocycles. The molecule has 0 saturated carbocycles. The average Bonchev–Trinajstić information content (AvgIpc) is 3.00. The van der Waals surface area contributed by atoms with E-state index < -0.39 is 0 Å². The van der Waals surface area contributed by atoms with Crippen LogP contribution in [0.5, 0.6) is 0 Å². The minimum absolute atomic E-state index is 0. The Hall–Kier alpha value is -3.04. The van der Waals surface area contributed by atoms with Gasteiger partial charge in [0.2, 0.25) is 5.82 Å². The van der Waals surface area contributed by atoms with E-state index in [0.717, 1.165) is 28.7 Å². The van der Waals surface area contributed by atoms with Gasteiger partial charge >= 0.3 is 0 Å². The number of nitrogens with one attached hydrogen (secondary N) is 1. The van der Waals surface area contributed by atoms with E-state index in [4.69, 9.17) is 0 Å². The molecule has 0 radical (unpaired) electrons. The predicted molar refractivity (Wildman–Crippen MR) is 102 cm³/mol.